The second-order valence-electron chi connectivity index (χ2n) is 8.94. The molecule has 31 heavy (non-hydrogen) atoms. The molecule has 1 aliphatic heterocycles. The van der Waals surface area contributed by atoms with Crippen molar-refractivity contribution in [3.63, 3.8) is 0 Å². The van der Waals surface area contributed by atoms with Gasteiger partial charge in [0.1, 0.15) is 0 Å². The zero-order valence-electron chi connectivity index (χ0n) is 18.9. The smallest absolute Gasteiger partial charge is 0.340 e. The van der Waals surface area contributed by atoms with Crippen molar-refractivity contribution in [2.24, 2.45) is 0 Å². The number of rotatable bonds is 3. The molecule has 0 fully saturated rings. The molecular formula is C26H27N3O2. The third-order valence-corrected chi connectivity index (χ3v) is 6.45. The van der Waals surface area contributed by atoms with Gasteiger partial charge < -0.3 is 19.4 Å². The van der Waals surface area contributed by atoms with E-state index >= 15 is 0 Å². The van der Waals surface area contributed by atoms with Crippen LogP contribution in [0.3, 0.4) is 0 Å². The van der Waals surface area contributed by atoms with Crippen LogP contribution >= 0.6 is 0 Å². The van der Waals surface area contributed by atoms with Gasteiger partial charge in [-0.25, -0.2) is 4.79 Å². The van der Waals surface area contributed by atoms with Crippen molar-refractivity contribution in [3.8, 4) is 11.1 Å². The number of fused-ring (bicyclic) bond motifs is 7. The third kappa shape index (κ3) is 2.59. The Morgan fingerprint density at radius 2 is 0.935 bits per heavy atom. The van der Waals surface area contributed by atoms with Gasteiger partial charge in [0.2, 0.25) is 0 Å². The number of hydrogen-bond donors (Lipinski definition) is 0. The van der Waals surface area contributed by atoms with Gasteiger partial charge in [0.25, 0.3) is 0 Å². The van der Waals surface area contributed by atoms with Crippen LogP contribution in [0.1, 0.15) is 27.0 Å². The van der Waals surface area contributed by atoms with Gasteiger partial charge in [-0.3, -0.25) is 0 Å². The molecule has 158 valence electrons. The van der Waals surface area contributed by atoms with E-state index in [0.717, 1.165) is 44.9 Å². The minimum absolute atomic E-state index is 0.272. The molecule has 3 aromatic rings. The Labute approximate surface area is 183 Å². The number of carbonyl (C=O) groups is 1. The van der Waals surface area contributed by atoms with E-state index in [4.69, 9.17) is 4.74 Å². The fraction of sp³-hybridized carbons (Fsp3) is 0.269. The van der Waals surface area contributed by atoms with Crippen molar-refractivity contribution in [1.29, 1.82) is 0 Å². The highest BCUT2D eigenvalue weighted by Gasteiger charge is 2.54. The normalized spacial score (nSPS) is 14.7. The summed E-state index contributed by atoms with van der Waals surface area (Å²) in [5, 5.41) is 0. The van der Waals surface area contributed by atoms with Crippen LogP contribution < -0.4 is 14.7 Å². The second kappa shape index (κ2) is 6.51. The van der Waals surface area contributed by atoms with Gasteiger partial charge in [-0.2, -0.15) is 0 Å². The Bertz CT molecular complexity index is 1170. The van der Waals surface area contributed by atoms with Crippen molar-refractivity contribution in [2.75, 3.05) is 57.0 Å². The maximum atomic E-state index is 13.1. The lowest BCUT2D eigenvalue weighted by Crippen LogP contribution is -2.27. The third-order valence-electron chi connectivity index (χ3n) is 6.45. The van der Waals surface area contributed by atoms with Gasteiger partial charge in [-0.05, 0) is 47.5 Å². The number of carbonyl (C=O) groups excluding carboxylic acids is 1. The number of esters is 1. The minimum atomic E-state index is -0.905. The number of hydrogen-bond acceptors (Lipinski definition) is 5. The Morgan fingerprint density at radius 1 is 0.581 bits per heavy atom. The molecule has 3 aromatic carbocycles. The first-order valence-electron chi connectivity index (χ1n) is 10.4. The van der Waals surface area contributed by atoms with Gasteiger partial charge in [-0.15, -0.1) is 0 Å². The second-order valence-corrected chi connectivity index (χ2v) is 8.94. The van der Waals surface area contributed by atoms with Crippen LogP contribution in [0.4, 0.5) is 17.1 Å². The van der Waals surface area contributed by atoms with Gasteiger partial charge in [0, 0.05) is 76.0 Å². The summed E-state index contributed by atoms with van der Waals surface area (Å²) in [6, 6.07) is 18.9. The number of ether oxygens (including phenoxy) is 1. The zero-order chi connectivity index (χ0) is 22.1. The summed E-state index contributed by atoms with van der Waals surface area (Å²) in [6.07, 6.45) is 0. The molecule has 5 heteroatoms. The van der Waals surface area contributed by atoms with Crippen LogP contribution in [-0.2, 0) is 10.3 Å². The van der Waals surface area contributed by atoms with Gasteiger partial charge >= 0.3 is 5.97 Å². The van der Waals surface area contributed by atoms with Crippen LogP contribution in [-0.4, -0.2) is 48.3 Å². The Morgan fingerprint density at radius 3 is 1.32 bits per heavy atom. The average Bonchev–Trinajstić information content (AvgIpc) is 3.19. The minimum Gasteiger partial charge on any atom is -0.441 e. The van der Waals surface area contributed by atoms with E-state index in [-0.39, 0.29) is 5.97 Å². The number of benzene rings is 3. The molecule has 5 rings (SSSR count). The first kappa shape index (κ1) is 19.5. The lowest BCUT2D eigenvalue weighted by atomic mass is 9.83. The highest BCUT2D eigenvalue weighted by atomic mass is 16.6. The summed E-state index contributed by atoms with van der Waals surface area (Å²) in [6.45, 7) is 0. The first-order chi connectivity index (χ1) is 14.7. The highest BCUT2D eigenvalue weighted by Crippen LogP contribution is 2.58. The lowest BCUT2D eigenvalue weighted by molar-refractivity contribution is 0.0264. The molecule has 0 amide bonds. The van der Waals surface area contributed by atoms with Gasteiger partial charge in [0.05, 0.1) is 5.56 Å². The van der Waals surface area contributed by atoms with E-state index < -0.39 is 5.60 Å². The van der Waals surface area contributed by atoms with E-state index in [0.29, 0.717) is 5.56 Å². The van der Waals surface area contributed by atoms with Crippen molar-refractivity contribution in [3.05, 3.63) is 76.9 Å². The molecule has 0 N–H and O–H groups in total. The van der Waals surface area contributed by atoms with Gasteiger partial charge in [0.15, 0.2) is 5.60 Å². The lowest BCUT2D eigenvalue weighted by Gasteiger charge is -2.27. The molecule has 0 bridgehead atoms. The van der Waals surface area contributed by atoms with Crippen LogP contribution in [0, 0.1) is 0 Å². The molecule has 0 aromatic heterocycles. The molecule has 5 nitrogen and oxygen atoms in total. The molecule has 0 atom stereocenters. The molecule has 1 spiro atoms. The van der Waals surface area contributed by atoms with E-state index in [9.17, 15) is 4.79 Å². The van der Waals surface area contributed by atoms with Crippen LogP contribution in [0.25, 0.3) is 11.1 Å². The van der Waals surface area contributed by atoms with Crippen molar-refractivity contribution >= 4 is 23.0 Å². The topological polar surface area (TPSA) is 36.0 Å². The summed E-state index contributed by atoms with van der Waals surface area (Å²) in [5.74, 6) is -0.272. The predicted molar refractivity (Wildman–Crippen MR) is 127 cm³/mol. The molecule has 0 unspecified atom stereocenters. The molecule has 1 heterocycles. The standard InChI is InChI=1S/C26H27N3O2/c1-27(2)16-7-10-22-19(13-16)20-14-17(28(3)4)8-11-23(20)26(22)24-12-9-18(29(5)6)15-21(24)25(30)31-26/h7-15H,1-6H3. The Kier molecular flexibility index (Phi) is 4.09. The summed E-state index contributed by atoms with van der Waals surface area (Å²) in [5.41, 5.74) is 8.13. The van der Waals surface area contributed by atoms with Gasteiger partial charge in [-0.1, -0.05) is 18.2 Å². The fourth-order valence-corrected chi connectivity index (χ4v) is 4.76. The molecular weight excluding hydrogens is 386 g/mol. The summed E-state index contributed by atoms with van der Waals surface area (Å²) in [4.78, 5) is 19.3. The highest BCUT2D eigenvalue weighted by molar-refractivity contribution is 6.00. The van der Waals surface area contributed by atoms with Crippen LogP contribution in [0.15, 0.2) is 54.6 Å². The molecule has 0 saturated carbocycles. The number of anilines is 3. The largest absolute Gasteiger partial charge is 0.441 e. The Hall–Kier alpha value is -3.47. The molecule has 0 saturated heterocycles. The zero-order valence-corrected chi connectivity index (χ0v) is 18.9. The van der Waals surface area contributed by atoms with Crippen molar-refractivity contribution in [1.82, 2.24) is 0 Å². The molecule has 0 radical (unpaired) electrons. The average molecular weight is 414 g/mol. The summed E-state index contributed by atoms with van der Waals surface area (Å²) < 4.78 is 6.28. The molecule has 1 aliphatic carbocycles. The van der Waals surface area contributed by atoms with E-state index in [1.54, 1.807) is 0 Å². The number of nitrogens with zero attached hydrogens (tertiary/aromatic N) is 3. The van der Waals surface area contributed by atoms with E-state index in [1.807, 2.05) is 59.3 Å². The maximum absolute atomic E-state index is 13.1. The molecule has 2 aliphatic rings. The Balaban J connectivity index is 1.83. The van der Waals surface area contributed by atoms with E-state index in [2.05, 4.69) is 52.3 Å². The van der Waals surface area contributed by atoms with Crippen molar-refractivity contribution in [2.45, 2.75) is 5.60 Å². The van der Waals surface area contributed by atoms with Crippen LogP contribution in [0.5, 0.6) is 0 Å². The van der Waals surface area contributed by atoms with Crippen molar-refractivity contribution < 1.29 is 9.53 Å². The first-order valence-corrected chi connectivity index (χ1v) is 10.4. The fourth-order valence-electron chi connectivity index (χ4n) is 4.76. The van der Waals surface area contributed by atoms with Crippen LogP contribution in [0.2, 0.25) is 0 Å². The monoisotopic (exact) mass is 413 g/mol. The SMILES string of the molecule is CN(C)c1ccc2c(c1)C(=O)OC21c2ccc(N(C)C)cc2-c2cc(N(C)C)ccc21. The summed E-state index contributed by atoms with van der Waals surface area (Å²) >= 11 is 0. The maximum Gasteiger partial charge on any atom is 0.340 e. The summed E-state index contributed by atoms with van der Waals surface area (Å²) in [7, 11) is 12.1. The predicted octanol–water partition coefficient (Wildman–Crippen LogP) is 4.33. The van der Waals surface area contributed by atoms with E-state index in [1.165, 1.54) is 0 Å². The quantitative estimate of drug-likeness (QED) is 0.598.